The van der Waals surface area contributed by atoms with Crippen molar-refractivity contribution in [3.8, 4) is 0 Å². The van der Waals surface area contributed by atoms with Gasteiger partial charge in [-0.1, -0.05) is 105 Å². The fraction of sp³-hybridized carbons (Fsp3) is 0.143. The van der Waals surface area contributed by atoms with Crippen LogP contribution >= 0.6 is 0 Å². The maximum atomic E-state index is 2.32. The van der Waals surface area contributed by atoms with Crippen molar-refractivity contribution < 1.29 is 0 Å². The molecule has 0 aromatic heterocycles. The zero-order valence-corrected chi connectivity index (χ0v) is 20.5. The van der Waals surface area contributed by atoms with Crippen molar-refractivity contribution in [2.45, 2.75) is 26.7 Å². The van der Waals surface area contributed by atoms with Gasteiger partial charge in [-0.15, -0.1) is 0 Å². The summed E-state index contributed by atoms with van der Waals surface area (Å²) in [6.07, 6.45) is 20.0. The number of hydrogen-bond donors (Lipinski definition) is 0. The molecule has 0 N–H and O–H groups in total. The molecule has 0 nitrogen and oxygen atoms in total. The van der Waals surface area contributed by atoms with Crippen LogP contribution in [0.4, 0.5) is 0 Å². The minimum Gasteiger partial charge on any atom is -0.0617 e. The number of allylic oxidation sites excluding steroid dienone is 12. The largest absolute Gasteiger partial charge is 0.0617 e. The zero-order valence-electron chi connectivity index (χ0n) is 20.5. The first-order valence-corrected chi connectivity index (χ1v) is 12.8. The van der Waals surface area contributed by atoms with Crippen molar-refractivity contribution in [2.75, 3.05) is 0 Å². The summed E-state index contributed by atoms with van der Waals surface area (Å²) in [6.45, 7) is 4.43. The van der Waals surface area contributed by atoms with E-state index in [2.05, 4.69) is 129 Å². The third-order valence-electron chi connectivity index (χ3n) is 7.48. The predicted octanol–water partition coefficient (Wildman–Crippen LogP) is 9.58. The molecule has 0 amide bonds. The van der Waals surface area contributed by atoms with Crippen LogP contribution in [0.3, 0.4) is 0 Å². The number of fused-ring (bicyclic) bond motifs is 3. The third-order valence-corrected chi connectivity index (χ3v) is 7.48. The molecule has 4 aromatic carbocycles. The number of hydrogen-bond acceptors (Lipinski definition) is 0. The lowest BCUT2D eigenvalue weighted by atomic mass is 9.73. The van der Waals surface area contributed by atoms with E-state index < -0.39 is 0 Å². The average molecular weight is 451 g/mol. The molecule has 4 aromatic rings. The molecule has 3 aliphatic rings. The molecule has 7 rings (SSSR count). The Labute approximate surface area is 208 Å². The summed E-state index contributed by atoms with van der Waals surface area (Å²) in [7, 11) is 0. The lowest BCUT2D eigenvalue weighted by molar-refractivity contribution is 0.838. The van der Waals surface area contributed by atoms with Gasteiger partial charge in [0.25, 0.3) is 0 Å². The Hall–Kier alpha value is -3.90. The summed E-state index contributed by atoms with van der Waals surface area (Å²) < 4.78 is 0. The van der Waals surface area contributed by atoms with E-state index in [-0.39, 0.29) is 0 Å². The van der Waals surface area contributed by atoms with Gasteiger partial charge < -0.3 is 0 Å². The van der Waals surface area contributed by atoms with Gasteiger partial charge in [0, 0.05) is 5.92 Å². The molecule has 0 heterocycles. The van der Waals surface area contributed by atoms with Gasteiger partial charge in [-0.05, 0) is 97.3 Å². The van der Waals surface area contributed by atoms with Crippen LogP contribution in [0.15, 0.2) is 138 Å². The van der Waals surface area contributed by atoms with E-state index in [9.17, 15) is 0 Å². The Balaban J connectivity index is 0.000000136. The summed E-state index contributed by atoms with van der Waals surface area (Å²) >= 11 is 0. The predicted molar refractivity (Wildman–Crippen MR) is 153 cm³/mol. The SMILES string of the molecule is CCC1=CC=C2C=CC=C3C=CC=C1C32.CCc1ccc2cc3cc4ccccc4cc3cc2c1. The number of rotatable bonds is 2. The molecule has 35 heavy (non-hydrogen) atoms. The second kappa shape index (κ2) is 9.04. The van der Waals surface area contributed by atoms with Gasteiger partial charge in [0.1, 0.15) is 0 Å². The fourth-order valence-corrected chi connectivity index (χ4v) is 5.55. The number of benzene rings is 4. The molecule has 3 aliphatic carbocycles. The smallest absolute Gasteiger partial charge is 0.0342 e. The van der Waals surface area contributed by atoms with E-state index in [0.717, 1.165) is 12.8 Å². The fourth-order valence-electron chi connectivity index (χ4n) is 5.55. The lowest BCUT2D eigenvalue weighted by Crippen LogP contribution is -2.17. The van der Waals surface area contributed by atoms with E-state index in [0.29, 0.717) is 5.92 Å². The molecule has 170 valence electrons. The van der Waals surface area contributed by atoms with Crippen molar-refractivity contribution in [1.82, 2.24) is 0 Å². The van der Waals surface area contributed by atoms with Crippen LogP contribution in [-0.4, -0.2) is 0 Å². The average Bonchev–Trinajstić information content (AvgIpc) is 2.91. The molecule has 0 radical (unpaired) electrons. The maximum absolute atomic E-state index is 2.32. The molecule has 1 atom stereocenters. The molecular formula is C35H30. The van der Waals surface area contributed by atoms with Crippen LogP contribution in [0.25, 0.3) is 32.3 Å². The molecule has 0 heteroatoms. The number of aryl methyl sites for hydroxylation is 1. The molecule has 0 saturated heterocycles. The van der Waals surface area contributed by atoms with Crippen LogP contribution in [0.5, 0.6) is 0 Å². The van der Waals surface area contributed by atoms with Crippen molar-refractivity contribution >= 4 is 32.3 Å². The third kappa shape index (κ3) is 4.00. The van der Waals surface area contributed by atoms with E-state index in [4.69, 9.17) is 0 Å². The van der Waals surface area contributed by atoms with Crippen LogP contribution in [0, 0.1) is 5.92 Å². The molecule has 1 unspecified atom stereocenters. The van der Waals surface area contributed by atoms with Crippen molar-refractivity contribution in [1.29, 1.82) is 0 Å². The van der Waals surface area contributed by atoms with E-state index in [1.807, 2.05) is 0 Å². The van der Waals surface area contributed by atoms with Crippen molar-refractivity contribution in [3.05, 3.63) is 143 Å². The Morgan fingerprint density at radius 2 is 1.14 bits per heavy atom. The minimum atomic E-state index is 0.514. The highest BCUT2D eigenvalue weighted by Crippen LogP contribution is 2.42. The second-order valence-corrected chi connectivity index (χ2v) is 9.59. The quantitative estimate of drug-likeness (QED) is 0.267. The summed E-state index contributed by atoms with van der Waals surface area (Å²) in [5, 5.41) is 7.93. The van der Waals surface area contributed by atoms with Gasteiger partial charge in [-0.25, -0.2) is 0 Å². The summed E-state index contributed by atoms with van der Waals surface area (Å²) in [4.78, 5) is 0. The van der Waals surface area contributed by atoms with E-state index in [1.165, 1.54) is 60.2 Å². The summed E-state index contributed by atoms with van der Waals surface area (Å²) in [6, 6.07) is 24.5. The summed E-state index contributed by atoms with van der Waals surface area (Å²) in [5.74, 6) is 0.514. The highest BCUT2D eigenvalue weighted by Gasteiger charge is 2.27. The summed E-state index contributed by atoms with van der Waals surface area (Å²) in [5.41, 5.74) is 7.24. The van der Waals surface area contributed by atoms with Gasteiger partial charge in [-0.2, -0.15) is 0 Å². The first kappa shape index (κ1) is 21.6. The van der Waals surface area contributed by atoms with Crippen LogP contribution in [0.2, 0.25) is 0 Å². The lowest BCUT2D eigenvalue weighted by Gasteiger charge is -2.31. The van der Waals surface area contributed by atoms with Crippen molar-refractivity contribution in [3.63, 3.8) is 0 Å². The first-order valence-electron chi connectivity index (χ1n) is 12.8. The van der Waals surface area contributed by atoms with Gasteiger partial charge in [0.05, 0.1) is 0 Å². The molecule has 0 saturated carbocycles. The Bertz CT molecular complexity index is 1650. The second-order valence-electron chi connectivity index (χ2n) is 9.59. The van der Waals surface area contributed by atoms with Crippen LogP contribution in [0.1, 0.15) is 25.8 Å². The van der Waals surface area contributed by atoms with Gasteiger partial charge in [-0.3, -0.25) is 0 Å². The normalized spacial score (nSPS) is 17.8. The first-order chi connectivity index (χ1) is 17.2. The van der Waals surface area contributed by atoms with Crippen LogP contribution < -0.4 is 0 Å². The molecule has 0 fully saturated rings. The molecular weight excluding hydrogens is 420 g/mol. The maximum Gasteiger partial charge on any atom is 0.0342 e. The zero-order chi connectivity index (χ0) is 23.8. The molecule has 0 bridgehead atoms. The minimum absolute atomic E-state index is 0.514. The van der Waals surface area contributed by atoms with E-state index in [1.54, 1.807) is 0 Å². The van der Waals surface area contributed by atoms with Gasteiger partial charge >= 0.3 is 0 Å². The molecule has 0 spiro atoms. The monoisotopic (exact) mass is 450 g/mol. The van der Waals surface area contributed by atoms with Crippen molar-refractivity contribution in [2.24, 2.45) is 5.92 Å². The van der Waals surface area contributed by atoms with Gasteiger partial charge in [0.15, 0.2) is 0 Å². The topological polar surface area (TPSA) is 0 Å². The van der Waals surface area contributed by atoms with E-state index >= 15 is 0 Å². The Morgan fingerprint density at radius 1 is 0.543 bits per heavy atom. The molecule has 0 aliphatic heterocycles. The van der Waals surface area contributed by atoms with Gasteiger partial charge in [0.2, 0.25) is 0 Å². The Morgan fingerprint density at radius 3 is 1.83 bits per heavy atom. The standard InChI is InChI=1S/C20H16.C15H14/c1-2-14-7-8-17-12-19-10-15-5-3-4-6-16(15)11-20(19)13-18(17)9-14;1-2-11-9-10-13-6-3-5-12-7-4-8-14(11)15(12)13/h3-13H,2H2,1H3;3-10,15H,2H2,1H3. The van der Waals surface area contributed by atoms with Crippen LogP contribution in [-0.2, 0) is 6.42 Å². The highest BCUT2D eigenvalue weighted by atomic mass is 14.3. The highest BCUT2D eigenvalue weighted by molar-refractivity contribution is 6.04. The Kier molecular flexibility index (Phi) is 5.58.